The van der Waals surface area contributed by atoms with E-state index < -0.39 is 0 Å². The molecule has 1 aromatic carbocycles. The molecule has 1 aliphatic rings. The van der Waals surface area contributed by atoms with Crippen molar-refractivity contribution in [2.75, 3.05) is 49.1 Å². The third kappa shape index (κ3) is 3.98. The van der Waals surface area contributed by atoms with Crippen LogP contribution in [-0.4, -0.2) is 55.1 Å². The summed E-state index contributed by atoms with van der Waals surface area (Å²) in [5.74, 6) is 0.976. The van der Waals surface area contributed by atoms with Gasteiger partial charge in [-0.2, -0.15) is 0 Å². The van der Waals surface area contributed by atoms with Gasteiger partial charge in [0.25, 0.3) is 5.91 Å². The summed E-state index contributed by atoms with van der Waals surface area (Å²) in [4.78, 5) is 23.6. The van der Waals surface area contributed by atoms with E-state index in [4.69, 9.17) is 0 Å². The lowest BCUT2D eigenvalue weighted by Crippen LogP contribution is -2.47. The van der Waals surface area contributed by atoms with E-state index in [1.54, 1.807) is 6.20 Å². The summed E-state index contributed by atoms with van der Waals surface area (Å²) in [5.41, 5.74) is 3.29. The van der Waals surface area contributed by atoms with E-state index in [0.29, 0.717) is 0 Å². The average Bonchev–Trinajstić information content (AvgIpc) is 2.69. The monoisotopic (exact) mass is 352 g/mol. The molecule has 0 aliphatic carbocycles. The number of aryl methyl sites for hydroxylation is 1. The number of amides is 1. The smallest absolute Gasteiger partial charge is 0.254 e. The molecule has 1 fully saturated rings. The van der Waals surface area contributed by atoms with Crippen molar-refractivity contribution in [1.82, 2.24) is 9.88 Å². The molecule has 138 valence electrons. The number of anilines is 2. The van der Waals surface area contributed by atoms with Crippen molar-refractivity contribution in [3.05, 3.63) is 53.7 Å². The fraction of sp³-hybridized carbons (Fsp3) is 0.429. The van der Waals surface area contributed by atoms with Gasteiger partial charge in [-0.3, -0.25) is 4.79 Å². The van der Waals surface area contributed by atoms with Crippen molar-refractivity contribution < 1.29 is 4.79 Å². The molecule has 1 aliphatic heterocycles. The minimum atomic E-state index is 0.0806. The zero-order valence-electron chi connectivity index (χ0n) is 16.0. The molecule has 26 heavy (non-hydrogen) atoms. The third-order valence-electron chi connectivity index (χ3n) is 5.01. The van der Waals surface area contributed by atoms with Crippen LogP contribution in [0.2, 0.25) is 0 Å². The first-order valence-corrected chi connectivity index (χ1v) is 9.44. The molecular formula is C21H28N4O. The van der Waals surface area contributed by atoms with Crippen molar-refractivity contribution in [3.63, 3.8) is 0 Å². The molecule has 0 saturated carbocycles. The van der Waals surface area contributed by atoms with Crippen molar-refractivity contribution in [1.29, 1.82) is 0 Å². The highest BCUT2D eigenvalue weighted by Gasteiger charge is 2.20. The van der Waals surface area contributed by atoms with E-state index in [-0.39, 0.29) is 5.91 Å². The van der Waals surface area contributed by atoms with Crippen LogP contribution in [0.5, 0.6) is 0 Å². The number of carbonyl (C=O) groups is 1. The van der Waals surface area contributed by atoms with Crippen molar-refractivity contribution in [2.45, 2.75) is 20.8 Å². The minimum absolute atomic E-state index is 0.0806. The van der Waals surface area contributed by atoms with Crippen LogP contribution < -0.4 is 9.80 Å². The predicted octanol–water partition coefficient (Wildman–Crippen LogP) is 3.20. The molecule has 5 heteroatoms. The van der Waals surface area contributed by atoms with Crippen LogP contribution >= 0.6 is 0 Å². The molecule has 0 atom stereocenters. The minimum Gasteiger partial charge on any atom is -0.368 e. The van der Waals surface area contributed by atoms with Crippen LogP contribution in [-0.2, 0) is 0 Å². The van der Waals surface area contributed by atoms with Gasteiger partial charge in [0.1, 0.15) is 5.82 Å². The van der Waals surface area contributed by atoms with Crippen LogP contribution in [0, 0.1) is 6.92 Å². The fourth-order valence-corrected chi connectivity index (χ4v) is 3.44. The maximum absolute atomic E-state index is 12.6. The first kappa shape index (κ1) is 18.2. The highest BCUT2D eigenvalue weighted by Crippen LogP contribution is 2.21. The third-order valence-corrected chi connectivity index (χ3v) is 5.01. The normalized spacial score (nSPS) is 14.4. The van der Waals surface area contributed by atoms with Crippen LogP contribution in [0.1, 0.15) is 29.8 Å². The Labute approximate surface area is 156 Å². The molecule has 2 aromatic rings. The van der Waals surface area contributed by atoms with E-state index in [1.807, 2.05) is 30.9 Å². The van der Waals surface area contributed by atoms with Gasteiger partial charge in [0, 0.05) is 56.7 Å². The van der Waals surface area contributed by atoms with E-state index in [1.165, 1.54) is 11.3 Å². The van der Waals surface area contributed by atoms with E-state index in [9.17, 15) is 4.79 Å². The van der Waals surface area contributed by atoms with E-state index in [0.717, 1.165) is 50.6 Å². The number of piperazine rings is 1. The Bertz CT molecular complexity index is 749. The van der Waals surface area contributed by atoms with E-state index >= 15 is 0 Å². The average molecular weight is 352 g/mol. The van der Waals surface area contributed by atoms with Crippen LogP contribution in [0.25, 0.3) is 0 Å². The first-order valence-electron chi connectivity index (χ1n) is 9.44. The number of hydrogen-bond acceptors (Lipinski definition) is 4. The number of carbonyl (C=O) groups excluding carboxylic acids is 1. The molecule has 0 spiro atoms. The van der Waals surface area contributed by atoms with Crippen LogP contribution in [0.15, 0.2) is 42.6 Å². The number of benzene rings is 1. The molecule has 3 rings (SSSR count). The summed E-state index contributed by atoms with van der Waals surface area (Å²) in [6, 6.07) is 12.4. The highest BCUT2D eigenvalue weighted by atomic mass is 16.2. The standard InChI is InChI=1S/C21H28N4O/c1-4-23(5-2)21(26)18-9-10-22-20(16-18)25-13-11-24(12-14-25)19-8-6-7-17(3)15-19/h6-10,15-16H,4-5,11-14H2,1-3H3. The van der Waals surface area contributed by atoms with Gasteiger partial charge in [0.2, 0.25) is 0 Å². The van der Waals surface area contributed by atoms with Gasteiger partial charge in [-0.05, 0) is 50.6 Å². The van der Waals surface area contributed by atoms with Crippen molar-refractivity contribution >= 4 is 17.4 Å². The summed E-state index contributed by atoms with van der Waals surface area (Å²) in [7, 11) is 0. The lowest BCUT2D eigenvalue weighted by atomic mass is 10.2. The summed E-state index contributed by atoms with van der Waals surface area (Å²) in [5, 5.41) is 0. The summed E-state index contributed by atoms with van der Waals surface area (Å²) < 4.78 is 0. The fourth-order valence-electron chi connectivity index (χ4n) is 3.44. The van der Waals surface area contributed by atoms with Gasteiger partial charge in [0.15, 0.2) is 0 Å². The second-order valence-corrected chi connectivity index (χ2v) is 6.69. The molecule has 2 heterocycles. The Balaban J connectivity index is 1.68. The van der Waals surface area contributed by atoms with Crippen molar-refractivity contribution in [3.8, 4) is 0 Å². The Morgan fingerprint density at radius 2 is 1.73 bits per heavy atom. The molecule has 1 saturated heterocycles. The largest absolute Gasteiger partial charge is 0.368 e. The quantitative estimate of drug-likeness (QED) is 0.828. The molecule has 0 unspecified atom stereocenters. The highest BCUT2D eigenvalue weighted by molar-refractivity contribution is 5.94. The lowest BCUT2D eigenvalue weighted by Gasteiger charge is -2.37. The number of hydrogen-bond donors (Lipinski definition) is 0. The summed E-state index contributed by atoms with van der Waals surface area (Å²) in [6.07, 6.45) is 1.75. The van der Waals surface area contributed by atoms with Gasteiger partial charge < -0.3 is 14.7 Å². The molecule has 0 radical (unpaired) electrons. The molecule has 1 amide bonds. The zero-order valence-corrected chi connectivity index (χ0v) is 16.0. The van der Waals surface area contributed by atoms with Crippen LogP contribution in [0.4, 0.5) is 11.5 Å². The second-order valence-electron chi connectivity index (χ2n) is 6.69. The number of nitrogens with zero attached hydrogens (tertiary/aromatic N) is 4. The Morgan fingerprint density at radius 1 is 1.04 bits per heavy atom. The molecule has 1 aromatic heterocycles. The predicted molar refractivity (Wildman–Crippen MR) is 107 cm³/mol. The topological polar surface area (TPSA) is 39.7 Å². The molecular weight excluding hydrogens is 324 g/mol. The van der Waals surface area contributed by atoms with Gasteiger partial charge in [-0.15, -0.1) is 0 Å². The number of rotatable bonds is 5. The van der Waals surface area contributed by atoms with Crippen LogP contribution in [0.3, 0.4) is 0 Å². The number of aromatic nitrogens is 1. The summed E-state index contributed by atoms with van der Waals surface area (Å²) in [6.45, 7) is 11.3. The van der Waals surface area contributed by atoms with Gasteiger partial charge in [-0.1, -0.05) is 12.1 Å². The van der Waals surface area contributed by atoms with Crippen molar-refractivity contribution in [2.24, 2.45) is 0 Å². The molecule has 0 bridgehead atoms. The molecule has 5 nitrogen and oxygen atoms in total. The maximum Gasteiger partial charge on any atom is 0.254 e. The zero-order chi connectivity index (χ0) is 18.5. The SMILES string of the molecule is CCN(CC)C(=O)c1ccnc(N2CCN(c3cccc(C)c3)CC2)c1. The Kier molecular flexibility index (Phi) is 5.76. The van der Waals surface area contributed by atoms with Gasteiger partial charge in [-0.25, -0.2) is 4.98 Å². The maximum atomic E-state index is 12.6. The Hall–Kier alpha value is -2.56. The first-order chi connectivity index (χ1) is 12.6. The lowest BCUT2D eigenvalue weighted by molar-refractivity contribution is 0.0773. The molecule has 0 N–H and O–H groups in total. The van der Waals surface area contributed by atoms with E-state index in [2.05, 4.69) is 46.0 Å². The summed E-state index contributed by atoms with van der Waals surface area (Å²) >= 11 is 0. The number of pyridine rings is 1. The second kappa shape index (κ2) is 8.21. The van der Waals surface area contributed by atoms with Gasteiger partial charge in [0.05, 0.1) is 0 Å². The van der Waals surface area contributed by atoms with Gasteiger partial charge >= 0.3 is 0 Å². The Morgan fingerprint density at radius 3 is 2.38 bits per heavy atom.